The summed E-state index contributed by atoms with van der Waals surface area (Å²) in [6.45, 7) is 4.08. The Kier molecular flexibility index (Phi) is 5.43. The second kappa shape index (κ2) is 8.44. The van der Waals surface area contributed by atoms with Gasteiger partial charge >= 0.3 is 0 Å². The maximum Gasteiger partial charge on any atom is 0.270 e. The molecule has 2 amide bonds. The number of anilines is 1. The largest absolute Gasteiger partial charge is 0.489 e. The van der Waals surface area contributed by atoms with E-state index in [9.17, 15) is 9.59 Å². The minimum Gasteiger partial charge on any atom is -0.489 e. The van der Waals surface area contributed by atoms with Gasteiger partial charge in [0, 0.05) is 32.6 Å². The molecule has 1 aromatic heterocycles. The van der Waals surface area contributed by atoms with Crippen LogP contribution in [-0.2, 0) is 24.7 Å². The van der Waals surface area contributed by atoms with E-state index in [1.54, 1.807) is 24.8 Å². The van der Waals surface area contributed by atoms with Gasteiger partial charge in [-0.3, -0.25) is 19.3 Å². The summed E-state index contributed by atoms with van der Waals surface area (Å²) in [4.78, 5) is 32.3. The van der Waals surface area contributed by atoms with Crippen molar-refractivity contribution >= 4 is 28.9 Å². The Labute approximate surface area is 198 Å². The van der Waals surface area contributed by atoms with Gasteiger partial charge in [-0.1, -0.05) is 29.8 Å². The van der Waals surface area contributed by atoms with E-state index < -0.39 is 6.04 Å². The first kappa shape index (κ1) is 21.9. The minimum absolute atomic E-state index is 0.0502. The Bertz CT molecular complexity index is 1320. The number of ether oxygens (including phenoxy) is 1. The highest BCUT2D eigenvalue weighted by Crippen LogP contribution is 2.39. The number of hydrogen-bond donors (Lipinski definition) is 1. The van der Waals surface area contributed by atoms with Crippen molar-refractivity contribution in [3.63, 3.8) is 0 Å². The highest BCUT2D eigenvalue weighted by molar-refractivity contribution is 6.04. The third kappa shape index (κ3) is 4.07. The zero-order valence-corrected chi connectivity index (χ0v) is 19.8. The van der Waals surface area contributed by atoms with Crippen LogP contribution in [0.1, 0.15) is 39.8 Å². The molecule has 5 rings (SSSR count). The molecule has 8 heteroatoms. The molecule has 0 saturated carbocycles. The number of aryl methyl sites for hydroxylation is 2. The Balaban J connectivity index is 1.32. The number of nitrogens with zero attached hydrogens (tertiary/aromatic N) is 4. The molecular weight excluding hydrogens is 430 g/mol. The van der Waals surface area contributed by atoms with Crippen LogP contribution in [0.25, 0.3) is 0 Å². The molecule has 3 heterocycles. The molecule has 1 N–H and O–H groups in total. The first-order valence-corrected chi connectivity index (χ1v) is 11.3. The molecule has 1 atom stereocenters. The minimum atomic E-state index is -0.819. The predicted octanol–water partition coefficient (Wildman–Crippen LogP) is 3.12. The monoisotopic (exact) mass is 457 g/mol. The average Bonchev–Trinajstić information content (AvgIpc) is 3.33. The van der Waals surface area contributed by atoms with Crippen LogP contribution in [0.3, 0.4) is 0 Å². The number of aromatic nitrogens is 2. The second-order valence-electron chi connectivity index (χ2n) is 9.01. The molecule has 0 saturated heterocycles. The number of hydrogen-bond acceptors (Lipinski definition) is 5. The van der Waals surface area contributed by atoms with E-state index in [0.717, 1.165) is 34.6 Å². The lowest BCUT2D eigenvalue weighted by Gasteiger charge is -2.20. The molecule has 174 valence electrons. The van der Waals surface area contributed by atoms with Crippen molar-refractivity contribution in [1.29, 1.82) is 0 Å². The van der Waals surface area contributed by atoms with E-state index in [-0.39, 0.29) is 18.4 Å². The van der Waals surface area contributed by atoms with Crippen LogP contribution in [0.15, 0.2) is 47.5 Å². The molecule has 2 aromatic carbocycles. The van der Waals surface area contributed by atoms with Crippen molar-refractivity contribution in [3.8, 4) is 5.75 Å². The number of amides is 2. The number of likely N-dealkylation sites (N-methyl/N-ethyl adjacent to an activating group) is 1. The lowest BCUT2D eigenvalue weighted by atomic mass is 10.1. The van der Waals surface area contributed by atoms with Crippen LogP contribution in [0, 0.1) is 6.92 Å². The van der Waals surface area contributed by atoms with Gasteiger partial charge in [-0.25, -0.2) is 0 Å². The number of carbonyl (C=O) groups excluding carboxylic acids is 2. The number of nitrogens with one attached hydrogen (secondary N) is 1. The molecule has 0 spiro atoms. The third-order valence-corrected chi connectivity index (χ3v) is 6.29. The summed E-state index contributed by atoms with van der Waals surface area (Å²) in [6.07, 6.45) is 1.40. The molecule has 0 fully saturated rings. The van der Waals surface area contributed by atoms with Crippen LogP contribution in [-0.4, -0.2) is 47.0 Å². The Hall–Kier alpha value is -3.94. The summed E-state index contributed by atoms with van der Waals surface area (Å²) >= 11 is 0. The zero-order valence-electron chi connectivity index (χ0n) is 19.8. The lowest BCUT2D eigenvalue weighted by molar-refractivity contribution is -0.120. The van der Waals surface area contributed by atoms with E-state index in [1.807, 2.05) is 26.0 Å². The van der Waals surface area contributed by atoms with Crippen molar-refractivity contribution in [2.45, 2.75) is 32.7 Å². The maximum absolute atomic E-state index is 13.2. The Morgan fingerprint density at radius 3 is 2.68 bits per heavy atom. The molecule has 0 bridgehead atoms. The fraction of sp³-hybridized carbons (Fsp3) is 0.308. The van der Waals surface area contributed by atoms with Crippen LogP contribution < -0.4 is 15.0 Å². The molecule has 0 unspecified atom stereocenters. The summed E-state index contributed by atoms with van der Waals surface area (Å²) in [5, 5.41) is 7.32. The van der Waals surface area contributed by atoms with Crippen LogP contribution in [0.2, 0.25) is 0 Å². The molecule has 2 aliphatic heterocycles. The van der Waals surface area contributed by atoms with Gasteiger partial charge in [-0.2, -0.15) is 5.10 Å². The third-order valence-electron chi connectivity index (χ3n) is 6.29. The smallest absolute Gasteiger partial charge is 0.270 e. The van der Waals surface area contributed by atoms with Crippen molar-refractivity contribution in [2.24, 2.45) is 12.0 Å². The molecule has 3 aromatic rings. The number of fused-ring (bicyclic) bond motifs is 2. The van der Waals surface area contributed by atoms with Gasteiger partial charge in [0.2, 0.25) is 0 Å². The highest BCUT2D eigenvalue weighted by Gasteiger charge is 2.32. The Morgan fingerprint density at radius 2 is 1.91 bits per heavy atom. The van der Waals surface area contributed by atoms with Gasteiger partial charge in [0.15, 0.2) is 0 Å². The van der Waals surface area contributed by atoms with E-state index in [1.165, 1.54) is 10.5 Å². The van der Waals surface area contributed by atoms with E-state index in [2.05, 4.69) is 39.7 Å². The van der Waals surface area contributed by atoms with Gasteiger partial charge < -0.3 is 15.0 Å². The fourth-order valence-electron chi connectivity index (χ4n) is 4.42. The standard InChI is InChI=1S/C26H27N5O3/c1-15-5-7-17(8-6-15)10-19-12-23(31(4)29-19)25(32)28-21-14-34-24-11-18-9-16(2)27-20(18)13-22(24)30(3)26(21)33/h5-8,11-13,21H,9-10,14H2,1-4H3,(H,28,32)/t21-/m0/s1. The zero-order chi connectivity index (χ0) is 24.0. The number of rotatable bonds is 4. The quantitative estimate of drug-likeness (QED) is 0.652. The molecule has 2 aliphatic rings. The summed E-state index contributed by atoms with van der Waals surface area (Å²) in [5.41, 5.74) is 7.12. The number of carbonyl (C=O) groups is 2. The van der Waals surface area contributed by atoms with Gasteiger partial charge in [-0.15, -0.1) is 0 Å². The first-order valence-electron chi connectivity index (χ1n) is 11.3. The van der Waals surface area contributed by atoms with Gasteiger partial charge in [0.1, 0.15) is 24.1 Å². The van der Waals surface area contributed by atoms with Crippen LogP contribution in [0.5, 0.6) is 5.75 Å². The van der Waals surface area contributed by atoms with E-state index in [0.29, 0.717) is 23.6 Å². The lowest BCUT2D eigenvalue weighted by Crippen LogP contribution is -2.49. The number of aliphatic imine (C=N–C) groups is 1. The SMILES string of the molecule is CC1=Nc2cc3c(cc2C1)OC[C@H](NC(=O)c1cc(Cc2ccc(C)cc2)nn1C)C(=O)N3C. The normalized spacial score (nSPS) is 16.9. The second-order valence-corrected chi connectivity index (χ2v) is 9.01. The molecular formula is C26H27N5O3. The summed E-state index contributed by atoms with van der Waals surface area (Å²) < 4.78 is 7.52. The predicted molar refractivity (Wildman–Crippen MR) is 130 cm³/mol. The van der Waals surface area contributed by atoms with Crippen molar-refractivity contribution in [2.75, 3.05) is 18.6 Å². The van der Waals surface area contributed by atoms with Crippen LogP contribution in [0.4, 0.5) is 11.4 Å². The summed E-state index contributed by atoms with van der Waals surface area (Å²) in [7, 11) is 3.42. The number of benzene rings is 2. The fourth-order valence-corrected chi connectivity index (χ4v) is 4.42. The average molecular weight is 458 g/mol. The maximum atomic E-state index is 13.2. The molecule has 8 nitrogen and oxygen atoms in total. The topological polar surface area (TPSA) is 88.8 Å². The van der Waals surface area contributed by atoms with Gasteiger partial charge in [-0.05, 0) is 43.2 Å². The van der Waals surface area contributed by atoms with Crippen molar-refractivity contribution in [3.05, 3.63) is 70.5 Å². The van der Waals surface area contributed by atoms with Gasteiger partial charge in [0.25, 0.3) is 11.8 Å². The van der Waals surface area contributed by atoms with Crippen molar-refractivity contribution < 1.29 is 14.3 Å². The van der Waals surface area contributed by atoms with Gasteiger partial charge in [0.05, 0.1) is 17.1 Å². The Morgan fingerprint density at radius 1 is 1.15 bits per heavy atom. The summed E-state index contributed by atoms with van der Waals surface area (Å²) in [6, 6.07) is 13.0. The van der Waals surface area contributed by atoms with Crippen LogP contribution >= 0.6 is 0 Å². The molecule has 0 aliphatic carbocycles. The van der Waals surface area contributed by atoms with E-state index >= 15 is 0 Å². The van der Waals surface area contributed by atoms with Crippen molar-refractivity contribution in [1.82, 2.24) is 15.1 Å². The van der Waals surface area contributed by atoms with E-state index in [4.69, 9.17) is 4.74 Å². The highest BCUT2D eigenvalue weighted by atomic mass is 16.5. The summed E-state index contributed by atoms with van der Waals surface area (Å²) in [5.74, 6) is 0.0131. The molecule has 34 heavy (non-hydrogen) atoms. The first-order chi connectivity index (χ1) is 16.3. The molecule has 0 radical (unpaired) electrons.